The van der Waals surface area contributed by atoms with Crippen molar-refractivity contribution in [2.75, 3.05) is 6.61 Å². The van der Waals surface area contributed by atoms with E-state index in [1.807, 2.05) is 6.07 Å². The van der Waals surface area contributed by atoms with Crippen LogP contribution in [0.4, 0.5) is 0 Å². The molecule has 3 heteroatoms. The number of aliphatic hydroxyl groups excluding tert-OH is 1. The van der Waals surface area contributed by atoms with Crippen LogP contribution in [0.3, 0.4) is 0 Å². The first-order valence-corrected chi connectivity index (χ1v) is 6.63. The van der Waals surface area contributed by atoms with Crippen molar-refractivity contribution in [3.05, 3.63) is 28.8 Å². The predicted molar refractivity (Wildman–Crippen MR) is 71.7 cm³/mol. The summed E-state index contributed by atoms with van der Waals surface area (Å²) < 4.78 is 5.68. The summed E-state index contributed by atoms with van der Waals surface area (Å²) in [7, 11) is 0. The van der Waals surface area contributed by atoms with Crippen LogP contribution in [0.5, 0.6) is 5.75 Å². The number of benzene rings is 1. The number of halogens is 1. The lowest BCUT2D eigenvalue weighted by molar-refractivity contribution is 0.190. The molecule has 0 aromatic heterocycles. The lowest BCUT2D eigenvalue weighted by atomic mass is 10.1. The van der Waals surface area contributed by atoms with Crippen molar-refractivity contribution in [3.63, 3.8) is 0 Å². The monoisotopic (exact) mass is 256 g/mol. The molecule has 0 aliphatic heterocycles. The van der Waals surface area contributed by atoms with E-state index < -0.39 is 6.10 Å². The molecular formula is C14H21ClO2. The SMILES string of the molecule is CCCCCCOc1ccc(Cl)cc1[C@H](C)O. The molecule has 0 saturated heterocycles. The lowest BCUT2D eigenvalue weighted by Crippen LogP contribution is -2.02. The standard InChI is InChI=1S/C14H21ClO2/c1-3-4-5-6-9-17-14-8-7-12(15)10-13(14)11(2)16/h7-8,10-11,16H,3-6,9H2,1-2H3/t11-/m0/s1. The van der Waals surface area contributed by atoms with Crippen LogP contribution in [-0.2, 0) is 0 Å². The third kappa shape index (κ3) is 4.97. The fourth-order valence-corrected chi connectivity index (χ4v) is 1.87. The Hall–Kier alpha value is -0.730. The number of hydrogen-bond donors (Lipinski definition) is 1. The van der Waals surface area contributed by atoms with E-state index in [0.29, 0.717) is 11.6 Å². The molecule has 0 bridgehead atoms. The van der Waals surface area contributed by atoms with Gasteiger partial charge in [0.15, 0.2) is 0 Å². The Bertz CT molecular complexity index is 337. The van der Waals surface area contributed by atoms with Crippen molar-refractivity contribution >= 4 is 11.6 Å². The summed E-state index contributed by atoms with van der Waals surface area (Å²) in [6, 6.07) is 5.37. The van der Waals surface area contributed by atoms with E-state index in [2.05, 4.69) is 6.92 Å². The van der Waals surface area contributed by atoms with Gasteiger partial charge >= 0.3 is 0 Å². The van der Waals surface area contributed by atoms with E-state index in [4.69, 9.17) is 16.3 Å². The van der Waals surface area contributed by atoms with Crippen molar-refractivity contribution < 1.29 is 9.84 Å². The third-order valence-electron chi connectivity index (χ3n) is 2.68. The van der Waals surface area contributed by atoms with E-state index in [1.165, 1.54) is 19.3 Å². The van der Waals surface area contributed by atoms with Gasteiger partial charge in [0.2, 0.25) is 0 Å². The van der Waals surface area contributed by atoms with Crippen LogP contribution in [0, 0.1) is 0 Å². The molecule has 1 rings (SSSR count). The van der Waals surface area contributed by atoms with Crippen LogP contribution in [0.15, 0.2) is 18.2 Å². The first kappa shape index (κ1) is 14.3. The molecule has 0 aliphatic carbocycles. The number of rotatable bonds is 7. The maximum absolute atomic E-state index is 9.63. The van der Waals surface area contributed by atoms with Crippen LogP contribution in [0.25, 0.3) is 0 Å². The largest absolute Gasteiger partial charge is 0.493 e. The second-order valence-electron chi connectivity index (χ2n) is 4.27. The van der Waals surface area contributed by atoms with Gasteiger partial charge in [0.05, 0.1) is 12.7 Å². The predicted octanol–water partition coefficient (Wildman–Crippen LogP) is 4.35. The number of hydrogen-bond acceptors (Lipinski definition) is 2. The van der Waals surface area contributed by atoms with E-state index in [0.717, 1.165) is 17.7 Å². The Balaban J connectivity index is 2.52. The molecule has 1 atom stereocenters. The van der Waals surface area contributed by atoms with Gasteiger partial charge in [-0.1, -0.05) is 37.8 Å². The van der Waals surface area contributed by atoms with Crippen molar-refractivity contribution in [1.82, 2.24) is 0 Å². The smallest absolute Gasteiger partial charge is 0.125 e. The molecule has 0 heterocycles. The third-order valence-corrected chi connectivity index (χ3v) is 2.91. The zero-order valence-electron chi connectivity index (χ0n) is 10.6. The average molecular weight is 257 g/mol. The van der Waals surface area contributed by atoms with Crippen molar-refractivity contribution in [2.24, 2.45) is 0 Å². The highest BCUT2D eigenvalue weighted by atomic mass is 35.5. The fourth-order valence-electron chi connectivity index (χ4n) is 1.69. The Morgan fingerprint density at radius 2 is 2.06 bits per heavy atom. The van der Waals surface area contributed by atoms with E-state index in [-0.39, 0.29) is 0 Å². The van der Waals surface area contributed by atoms with E-state index in [9.17, 15) is 5.11 Å². The van der Waals surface area contributed by atoms with Crippen molar-refractivity contribution in [3.8, 4) is 5.75 Å². The average Bonchev–Trinajstić information content (AvgIpc) is 2.30. The van der Waals surface area contributed by atoms with Crippen LogP contribution < -0.4 is 4.74 Å². The molecule has 0 amide bonds. The topological polar surface area (TPSA) is 29.5 Å². The molecule has 0 unspecified atom stereocenters. The van der Waals surface area contributed by atoms with Gasteiger partial charge in [-0.2, -0.15) is 0 Å². The zero-order chi connectivity index (χ0) is 12.7. The molecule has 0 saturated carbocycles. The van der Waals surface area contributed by atoms with Gasteiger partial charge in [0.1, 0.15) is 5.75 Å². The lowest BCUT2D eigenvalue weighted by Gasteiger charge is -2.13. The van der Waals surface area contributed by atoms with Gasteiger partial charge in [-0.05, 0) is 31.5 Å². The summed E-state index contributed by atoms with van der Waals surface area (Å²) in [4.78, 5) is 0. The van der Waals surface area contributed by atoms with Crippen molar-refractivity contribution in [2.45, 2.75) is 45.6 Å². The highest BCUT2D eigenvalue weighted by Crippen LogP contribution is 2.28. The molecule has 0 spiro atoms. The fraction of sp³-hybridized carbons (Fsp3) is 0.571. The summed E-state index contributed by atoms with van der Waals surface area (Å²) in [6.45, 7) is 4.60. The van der Waals surface area contributed by atoms with Crippen LogP contribution in [0.2, 0.25) is 5.02 Å². The molecule has 17 heavy (non-hydrogen) atoms. The maximum Gasteiger partial charge on any atom is 0.125 e. The summed E-state index contributed by atoms with van der Waals surface area (Å²) >= 11 is 5.90. The Labute approximate surface area is 109 Å². The summed E-state index contributed by atoms with van der Waals surface area (Å²) in [5, 5.41) is 10.3. The minimum absolute atomic E-state index is 0.556. The second-order valence-corrected chi connectivity index (χ2v) is 4.70. The zero-order valence-corrected chi connectivity index (χ0v) is 11.3. The van der Waals surface area contributed by atoms with Gasteiger partial charge in [-0.25, -0.2) is 0 Å². The Kier molecular flexibility index (Phi) is 6.38. The molecule has 1 aromatic rings. The first-order chi connectivity index (χ1) is 8.15. The molecule has 1 N–H and O–H groups in total. The van der Waals surface area contributed by atoms with Gasteiger partial charge in [-0.3, -0.25) is 0 Å². The minimum atomic E-state index is -0.556. The molecule has 0 aliphatic rings. The second kappa shape index (κ2) is 7.57. The number of unbranched alkanes of at least 4 members (excludes halogenated alkanes) is 3. The normalized spacial score (nSPS) is 12.5. The number of ether oxygens (including phenoxy) is 1. The van der Waals surface area contributed by atoms with Gasteiger partial charge in [0.25, 0.3) is 0 Å². The van der Waals surface area contributed by atoms with Gasteiger partial charge in [-0.15, -0.1) is 0 Å². The summed E-state index contributed by atoms with van der Waals surface area (Å²) in [5.41, 5.74) is 0.757. The Morgan fingerprint density at radius 1 is 1.29 bits per heavy atom. The molecule has 0 radical (unpaired) electrons. The van der Waals surface area contributed by atoms with Gasteiger partial charge < -0.3 is 9.84 Å². The molecule has 0 fully saturated rings. The minimum Gasteiger partial charge on any atom is -0.493 e. The van der Waals surface area contributed by atoms with E-state index in [1.54, 1.807) is 19.1 Å². The van der Waals surface area contributed by atoms with E-state index >= 15 is 0 Å². The van der Waals surface area contributed by atoms with Crippen LogP contribution in [-0.4, -0.2) is 11.7 Å². The quantitative estimate of drug-likeness (QED) is 0.735. The Morgan fingerprint density at radius 3 is 2.71 bits per heavy atom. The first-order valence-electron chi connectivity index (χ1n) is 6.25. The molecule has 2 nitrogen and oxygen atoms in total. The summed E-state index contributed by atoms with van der Waals surface area (Å²) in [6.07, 6.45) is 4.15. The molecular weight excluding hydrogens is 236 g/mol. The molecule has 96 valence electrons. The van der Waals surface area contributed by atoms with Crippen LogP contribution in [0.1, 0.15) is 51.2 Å². The molecule has 1 aromatic carbocycles. The van der Waals surface area contributed by atoms with Crippen molar-refractivity contribution in [1.29, 1.82) is 0 Å². The van der Waals surface area contributed by atoms with Crippen LogP contribution >= 0.6 is 11.6 Å². The summed E-state index contributed by atoms with van der Waals surface area (Å²) in [5.74, 6) is 0.737. The highest BCUT2D eigenvalue weighted by molar-refractivity contribution is 6.30. The maximum atomic E-state index is 9.63. The highest BCUT2D eigenvalue weighted by Gasteiger charge is 2.09. The number of aliphatic hydroxyl groups is 1. The van der Waals surface area contributed by atoms with Gasteiger partial charge in [0, 0.05) is 10.6 Å².